The van der Waals surface area contributed by atoms with Gasteiger partial charge in [-0.3, -0.25) is 4.79 Å². The van der Waals surface area contributed by atoms with E-state index in [0.29, 0.717) is 17.1 Å². The number of carbonyl (C=O) groups excluding carboxylic acids is 1. The molecule has 0 aliphatic carbocycles. The van der Waals surface area contributed by atoms with E-state index in [2.05, 4.69) is 27.5 Å². The third kappa shape index (κ3) is 2.65. The van der Waals surface area contributed by atoms with Crippen molar-refractivity contribution in [1.82, 2.24) is 4.57 Å². The van der Waals surface area contributed by atoms with Crippen LogP contribution in [0.2, 0.25) is 5.02 Å². The molecule has 0 unspecified atom stereocenters. The molecule has 2 heterocycles. The number of halogens is 1. The van der Waals surface area contributed by atoms with Crippen LogP contribution < -0.4 is 4.57 Å². The van der Waals surface area contributed by atoms with Gasteiger partial charge in [-0.1, -0.05) is 54.1 Å². The fourth-order valence-corrected chi connectivity index (χ4v) is 3.65. The van der Waals surface area contributed by atoms with Gasteiger partial charge < -0.3 is 0 Å². The molecule has 1 aliphatic heterocycles. The van der Waals surface area contributed by atoms with Gasteiger partial charge in [-0.2, -0.15) is 0 Å². The molecule has 0 N–H and O–H groups in total. The molecule has 0 radical (unpaired) electrons. The molecule has 0 saturated heterocycles. The summed E-state index contributed by atoms with van der Waals surface area (Å²) in [6.45, 7) is 1.33. The molecule has 0 bridgehead atoms. The van der Waals surface area contributed by atoms with Crippen LogP contribution >= 0.6 is 11.6 Å². The molecule has 1 aromatic heterocycles. The minimum Gasteiger partial charge on any atom is -0.290 e. The number of carbonyl (C=O) groups is 1. The van der Waals surface area contributed by atoms with Crippen molar-refractivity contribution in [2.75, 3.05) is 0 Å². The third-order valence-corrected chi connectivity index (χ3v) is 4.88. The molecule has 0 fully saturated rings. The first-order chi connectivity index (χ1) is 11.7. The Balaban J connectivity index is 1.70. The van der Waals surface area contributed by atoms with Gasteiger partial charge in [0, 0.05) is 11.1 Å². The van der Waals surface area contributed by atoms with Crippen LogP contribution in [0.1, 0.15) is 22.6 Å². The van der Waals surface area contributed by atoms with E-state index in [-0.39, 0.29) is 5.78 Å². The molecular formula is C20H18ClN2O+. The van der Waals surface area contributed by atoms with Gasteiger partial charge in [0.25, 0.3) is 5.82 Å². The van der Waals surface area contributed by atoms with Gasteiger partial charge in [-0.25, -0.2) is 9.13 Å². The van der Waals surface area contributed by atoms with Gasteiger partial charge in [-0.05, 0) is 18.6 Å². The number of ketones is 1. The Morgan fingerprint density at radius 1 is 1.08 bits per heavy atom. The third-order valence-electron chi connectivity index (χ3n) is 4.55. The lowest BCUT2D eigenvalue weighted by Gasteiger charge is -2.02. The molecule has 3 aromatic rings. The summed E-state index contributed by atoms with van der Waals surface area (Å²) in [5.74, 6) is 1.26. The molecule has 0 spiro atoms. The standard InChI is InChI=1S/C20H18ClN2O/c21-17-10-5-4-9-16(17)19(24)14-22-13-18(15-7-2-1-3-8-15)23-12-6-11-20(22)23/h1-5,7-10,13H,6,11-12,14H2/q+1. The van der Waals surface area contributed by atoms with Gasteiger partial charge in [0.15, 0.2) is 12.2 Å². The van der Waals surface area contributed by atoms with Gasteiger partial charge in [0.1, 0.15) is 6.20 Å². The topological polar surface area (TPSA) is 25.9 Å². The molecule has 3 nitrogen and oxygen atoms in total. The van der Waals surface area contributed by atoms with Crippen LogP contribution in [0.3, 0.4) is 0 Å². The monoisotopic (exact) mass is 337 g/mol. The van der Waals surface area contributed by atoms with Crippen LogP contribution in [0.15, 0.2) is 60.8 Å². The first-order valence-electron chi connectivity index (χ1n) is 8.19. The zero-order chi connectivity index (χ0) is 16.5. The van der Waals surface area contributed by atoms with Crippen molar-refractivity contribution in [3.05, 3.63) is 77.2 Å². The number of benzene rings is 2. The van der Waals surface area contributed by atoms with Crippen molar-refractivity contribution in [2.45, 2.75) is 25.9 Å². The number of Topliss-reactive ketones (excluding diaryl/α,β-unsaturated/α-hetero) is 1. The van der Waals surface area contributed by atoms with Crippen LogP contribution in [-0.4, -0.2) is 10.4 Å². The van der Waals surface area contributed by atoms with Crippen molar-refractivity contribution in [3.63, 3.8) is 0 Å². The van der Waals surface area contributed by atoms with Crippen LogP contribution in [0.4, 0.5) is 0 Å². The Morgan fingerprint density at radius 3 is 2.62 bits per heavy atom. The average Bonchev–Trinajstić information content (AvgIpc) is 3.20. The lowest BCUT2D eigenvalue weighted by Crippen LogP contribution is -2.40. The fourth-order valence-electron chi connectivity index (χ4n) is 3.41. The average molecular weight is 338 g/mol. The largest absolute Gasteiger partial charge is 0.290 e. The summed E-state index contributed by atoms with van der Waals surface area (Å²) in [5.41, 5.74) is 2.95. The molecule has 2 aromatic carbocycles. The van der Waals surface area contributed by atoms with E-state index in [1.165, 1.54) is 17.1 Å². The summed E-state index contributed by atoms with van der Waals surface area (Å²) in [7, 11) is 0. The fraction of sp³-hybridized carbons (Fsp3) is 0.200. The Kier molecular flexibility index (Phi) is 3.95. The summed E-state index contributed by atoms with van der Waals surface area (Å²) in [6.07, 6.45) is 4.22. The summed E-state index contributed by atoms with van der Waals surface area (Å²) in [4.78, 5) is 12.7. The first kappa shape index (κ1) is 15.2. The number of imidazole rings is 1. The van der Waals surface area contributed by atoms with Gasteiger partial charge in [0.2, 0.25) is 5.78 Å². The highest BCUT2D eigenvalue weighted by atomic mass is 35.5. The molecule has 24 heavy (non-hydrogen) atoms. The molecule has 4 heteroatoms. The highest BCUT2D eigenvalue weighted by Crippen LogP contribution is 2.24. The summed E-state index contributed by atoms with van der Waals surface area (Å²) in [6, 6.07) is 17.6. The predicted molar refractivity (Wildman–Crippen MR) is 94.2 cm³/mol. The summed E-state index contributed by atoms with van der Waals surface area (Å²) in [5, 5.41) is 0.516. The van der Waals surface area contributed by atoms with Crippen LogP contribution in [0, 0.1) is 0 Å². The van der Waals surface area contributed by atoms with E-state index in [4.69, 9.17) is 11.6 Å². The number of fused-ring (bicyclic) bond motifs is 1. The molecule has 0 amide bonds. The summed E-state index contributed by atoms with van der Waals surface area (Å²) < 4.78 is 4.41. The number of aromatic nitrogens is 2. The second kappa shape index (κ2) is 6.25. The number of hydrogen-bond donors (Lipinski definition) is 0. The maximum Gasteiger partial charge on any atom is 0.257 e. The maximum absolute atomic E-state index is 12.7. The second-order valence-electron chi connectivity index (χ2n) is 6.08. The number of nitrogens with zero attached hydrogens (tertiary/aromatic N) is 2. The normalized spacial score (nSPS) is 13.0. The molecule has 4 rings (SSSR count). The second-order valence-corrected chi connectivity index (χ2v) is 6.49. The predicted octanol–water partition coefficient (Wildman–Crippen LogP) is 3.93. The van der Waals surface area contributed by atoms with Crippen molar-refractivity contribution in [2.24, 2.45) is 0 Å². The maximum atomic E-state index is 12.7. The van der Waals surface area contributed by atoms with Crippen LogP contribution in [0.5, 0.6) is 0 Å². The number of rotatable bonds is 4. The highest BCUT2D eigenvalue weighted by Gasteiger charge is 2.29. The molecular weight excluding hydrogens is 320 g/mol. The minimum atomic E-state index is 0.0468. The van der Waals surface area contributed by atoms with E-state index < -0.39 is 0 Å². The van der Waals surface area contributed by atoms with E-state index >= 15 is 0 Å². The molecule has 1 aliphatic rings. The van der Waals surface area contributed by atoms with Crippen LogP contribution in [-0.2, 0) is 19.5 Å². The van der Waals surface area contributed by atoms with Crippen molar-refractivity contribution in [1.29, 1.82) is 0 Å². The van der Waals surface area contributed by atoms with Gasteiger partial charge in [0.05, 0.1) is 18.0 Å². The number of hydrogen-bond acceptors (Lipinski definition) is 1. The minimum absolute atomic E-state index is 0.0468. The van der Waals surface area contributed by atoms with E-state index in [9.17, 15) is 4.79 Å². The lowest BCUT2D eigenvalue weighted by molar-refractivity contribution is -0.689. The van der Waals surface area contributed by atoms with Crippen molar-refractivity contribution in [3.8, 4) is 11.3 Å². The van der Waals surface area contributed by atoms with Gasteiger partial charge >= 0.3 is 0 Å². The summed E-state index contributed by atoms with van der Waals surface area (Å²) >= 11 is 6.17. The SMILES string of the molecule is O=C(C[n+]1cc(-c2ccccc2)n2c1CCC2)c1ccccc1Cl. The smallest absolute Gasteiger partial charge is 0.257 e. The molecule has 0 atom stereocenters. The van der Waals surface area contributed by atoms with Crippen LogP contribution in [0.25, 0.3) is 11.3 Å². The quantitative estimate of drug-likeness (QED) is 0.523. The Labute approximate surface area is 146 Å². The Morgan fingerprint density at radius 2 is 1.83 bits per heavy atom. The Bertz CT molecular complexity index is 899. The zero-order valence-corrected chi connectivity index (χ0v) is 14.0. The van der Waals surface area contributed by atoms with E-state index in [0.717, 1.165) is 19.4 Å². The van der Waals surface area contributed by atoms with E-state index in [1.807, 2.05) is 30.3 Å². The Hall–Kier alpha value is -2.39. The zero-order valence-electron chi connectivity index (χ0n) is 13.3. The van der Waals surface area contributed by atoms with Gasteiger partial charge in [-0.15, -0.1) is 0 Å². The molecule has 120 valence electrons. The molecule has 0 saturated carbocycles. The van der Waals surface area contributed by atoms with E-state index in [1.54, 1.807) is 12.1 Å². The van der Waals surface area contributed by atoms with Crippen molar-refractivity contribution >= 4 is 17.4 Å². The first-order valence-corrected chi connectivity index (χ1v) is 8.57. The lowest BCUT2D eigenvalue weighted by atomic mass is 10.1. The van der Waals surface area contributed by atoms with Crippen molar-refractivity contribution < 1.29 is 9.36 Å². The highest BCUT2D eigenvalue weighted by molar-refractivity contribution is 6.33.